The van der Waals surface area contributed by atoms with Crippen molar-refractivity contribution in [3.8, 4) is 0 Å². The van der Waals surface area contributed by atoms with Gasteiger partial charge in [-0.25, -0.2) is 0 Å². The second-order valence-corrected chi connectivity index (χ2v) is 0. The largest absolute Gasteiger partial charge is 0.269 e. The Labute approximate surface area is 43.5 Å². The molecule has 0 N–H and O–H groups in total. The lowest BCUT2D eigenvalue weighted by molar-refractivity contribution is 1.11. The van der Waals surface area contributed by atoms with Gasteiger partial charge in [0.15, 0.2) is 0 Å². The van der Waals surface area contributed by atoms with Gasteiger partial charge < -0.3 is 0 Å². The fourth-order valence-corrected chi connectivity index (χ4v) is 0. The van der Waals surface area contributed by atoms with Crippen molar-refractivity contribution in [2.75, 3.05) is 0 Å². The lowest BCUT2D eigenvalue weighted by atomic mass is 11.0. The molecule has 8 heavy (non-hydrogen) atoms. The van der Waals surface area contributed by atoms with Crippen LogP contribution in [0, 0.1) is 0 Å². The molecule has 0 aliphatic rings. The summed E-state index contributed by atoms with van der Waals surface area (Å²) in [5.74, 6) is 0. The number of halogens is 6. The zero-order valence-corrected chi connectivity index (χ0v) is 4.45. The first-order valence-electron chi connectivity index (χ1n) is 1.00. The van der Waals surface area contributed by atoms with Crippen molar-refractivity contribution in [1.29, 1.82) is 0 Å². The van der Waals surface area contributed by atoms with Crippen molar-refractivity contribution in [1.82, 2.24) is 0 Å². The first-order chi connectivity index (χ1) is 1.00. The van der Waals surface area contributed by atoms with E-state index in [1.807, 2.05) is 13.8 Å². The Morgan fingerprint density at radius 1 is 0.375 bits per heavy atom. The third-order valence-corrected chi connectivity index (χ3v) is 0. The van der Waals surface area contributed by atoms with Crippen LogP contribution in [-0.2, 0) is 0 Å². The average Bonchev–Trinajstić information content (AvgIpc) is 1.00. The Hall–Kier alpha value is -0.420. The van der Waals surface area contributed by atoms with Crippen molar-refractivity contribution >= 4 is 0 Å². The van der Waals surface area contributed by atoms with Gasteiger partial charge in [-0.2, -0.15) is 0 Å². The maximum Gasteiger partial charge on any atom is -0.0683 e. The van der Waals surface area contributed by atoms with Crippen LogP contribution in [-0.4, -0.2) is 0 Å². The minimum absolute atomic E-state index is 0. The van der Waals surface area contributed by atoms with E-state index < -0.39 is 0 Å². The third-order valence-electron chi connectivity index (χ3n) is 0. The molecule has 0 unspecified atom stereocenters. The van der Waals surface area contributed by atoms with Gasteiger partial charge in [0.05, 0.1) is 0 Å². The van der Waals surface area contributed by atoms with E-state index in [4.69, 9.17) is 0 Å². The molecule has 0 aromatic rings. The molecule has 0 radical (unpaired) electrons. The van der Waals surface area contributed by atoms with Crippen LogP contribution in [0.5, 0.6) is 0 Å². The highest BCUT2D eigenvalue weighted by atomic mass is 19.0. The Kier molecular flexibility index (Phi) is 142000. The van der Waals surface area contributed by atoms with Crippen LogP contribution in [0.15, 0.2) is 0 Å². The van der Waals surface area contributed by atoms with E-state index in [1.54, 1.807) is 0 Å². The summed E-state index contributed by atoms with van der Waals surface area (Å²) in [5, 5.41) is 0. The molecule has 62 valence electrons. The zero-order chi connectivity index (χ0) is 2.00. The van der Waals surface area contributed by atoms with E-state index in [0.29, 0.717) is 0 Å². The van der Waals surface area contributed by atoms with Crippen LogP contribution in [0.3, 0.4) is 0 Å². The van der Waals surface area contributed by atoms with E-state index >= 15 is 0 Å². The lowest BCUT2D eigenvalue weighted by Gasteiger charge is -1.07. The summed E-state index contributed by atoms with van der Waals surface area (Å²) in [6.07, 6.45) is 0. The third kappa shape index (κ3) is 664. The zero-order valence-electron chi connectivity index (χ0n) is 4.45. The van der Waals surface area contributed by atoms with Crippen molar-refractivity contribution in [3.05, 3.63) is 0 Å². The van der Waals surface area contributed by atoms with Crippen molar-refractivity contribution in [2.45, 2.75) is 13.8 Å². The van der Waals surface area contributed by atoms with Crippen LogP contribution in [0.4, 0.5) is 28.2 Å². The summed E-state index contributed by atoms with van der Waals surface area (Å²) >= 11 is 0. The SMILES string of the molecule is CC.F.F.F.F.F.F. The van der Waals surface area contributed by atoms with Gasteiger partial charge in [-0.1, -0.05) is 13.8 Å². The number of rotatable bonds is 0. The van der Waals surface area contributed by atoms with Gasteiger partial charge in [-0.3, -0.25) is 28.2 Å². The Morgan fingerprint density at radius 2 is 0.375 bits per heavy atom. The Bertz CT molecular complexity index is 6.49. The molecule has 0 nitrogen and oxygen atoms in total. The molecule has 0 aromatic heterocycles. The smallest absolute Gasteiger partial charge is 0.0683 e. The van der Waals surface area contributed by atoms with Crippen LogP contribution in [0.25, 0.3) is 0 Å². The van der Waals surface area contributed by atoms with Crippen LogP contribution in [0.1, 0.15) is 13.8 Å². The standard InChI is InChI=1S/C2H6.6FH/c1-2;;;;;;/h1-2H3;6*1H. The Morgan fingerprint density at radius 3 is 0.375 bits per heavy atom. The highest BCUT2D eigenvalue weighted by molar-refractivity contribution is 3.50. The molecule has 0 saturated heterocycles. The first kappa shape index (κ1) is 976. The molecule has 0 atom stereocenters. The molecule has 0 amide bonds. The second kappa shape index (κ2) is 1160. The maximum atomic E-state index is 2.00. The van der Waals surface area contributed by atoms with E-state index in [1.165, 1.54) is 0 Å². The molecule has 0 spiro atoms. The summed E-state index contributed by atoms with van der Waals surface area (Å²) in [6.45, 7) is 4.00. The summed E-state index contributed by atoms with van der Waals surface area (Å²) in [6, 6.07) is 0. The first-order valence-corrected chi connectivity index (χ1v) is 1.00. The van der Waals surface area contributed by atoms with Crippen LogP contribution < -0.4 is 0 Å². The number of hydrogen-bond donors (Lipinski definition) is 0. The minimum Gasteiger partial charge on any atom is -0.269 e. The molecule has 0 rings (SSSR count). The van der Waals surface area contributed by atoms with Crippen LogP contribution in [0.2, 0.25) is 0 Å². The van der Waals surface area contributed by atoms with Crippen molar-refractivity contribution < 1.29 is 28.2 Å². The van der Waals surface area contributed by atoms with E-state index in [0.717, 1.165) is 0 Å². The summed E-state index contributed by atoms with van der Waals surface area (Å²) in [7, 11) is 0. The van der Waals surface area contributed by atoms with Gasteiger partial charge in [-0.05, 0) is 0 Å². The lowest BCUT2D eigenvalue weighted by Crippen LogP contribution is -0.856. The molecule has 0 aliphatic heterocycles. The van der Waals surface area contributed by atoms with Gasteiger partial charge in [0.25, 0.3) is 0 Å². The van der Waals surface area contributed by atoms with Gasteiger partial charge in [0.1, 0.15) is 0 Å². The predicted octanol–water partition coefficient (Wildman–Crippen LogP) is 1.94. The van der Waals surface area contributed by atoms with Gasteiger partial charge >= 0.3 is 0 Å². The molecular formula is C2H12F6. The van der Waals surface area contributed by atoms with Crippen molar-refractivity contribution in [2.24, 2.45) is 0 Å². The van der Waals surface area contributed by atoms with Crippen molar-refractivity contribution in [3.63, 3.8) is 0 Å². The molecular weight excluding hydrogens is 138 g/mol. The van der Waals surface area contributed by atoms with E-state index in [9.17, 15) is 0 Å². The molecule has 0 fully saturated rings. The quantitative estimate of drug-likeness (QED) is 0.463. The molecule has 0 bridgehead atoms. The monoisotopic (exact) mass is 150 g/mol. The number of hydrogen-bond acceptors (Lipinski definition) is 0. The van der Waals surface area contributed by atoms with E-state index in [-0.39, 0.29) is 28.2 Å². The maximum absolute atomic E-state index is 2.00. The molecule has 0 aromatic carbocycles. The molecule has 0 aliphatic carbocycles. The van der Waals surface area contributed by atoms with Crippen LogP contribution >= 0.6 is 0 Å². The van der Waals surface area contributed by atoms with Gasteiger partial charge in [0.2, 0.25) is 0 Å². The topological polar surface area (TPSA) is 0 Å². The summed E-state index contributed by atoms with van der Waals surface area (Å²) in [4.78, 5) is 0. The minimum atomic E-state index is 0. The average molecular weight is 150 g/mol. The highest BCUT2D eigenvalue weighted by Crippen LogP contribution is 1.14. The van der Waals surface area contributed by atoms with E-state index in [2.05, 4.69) is 0 Å². The summed E-state index contributed by atoms with van der Waals surface area (Å²) in [5.41, 5.74) is 0. The second-order valence-electron chi connectivity index (χ2n) is 0. The van der Waals surface area contributed by atoms with Gasteiger partial charge in [-0.15, -0.1) is 0 Å². The molecule has 0 saturated carbocycles. The summed E-state index contributed by atoms with van der Waals surface area (Å²) < 4.78 is 0. The predicted molar refractivity (Wildman–Crippen MR) is 26.4 cm³/mol. The normalized spacial score (nSPS) is 0.750. The fraction of sp³-hybridized carbons (Fsp3) is 1.00. The Balaban J connectivity index is -0.000000000333. The molecule has 0 heterocycles. The van der Waals surface area contributed by atoms with Gasteiger partial charge in [0, 0.05) is 0 Å². The molecule has 6 heteroatoms. The highest BCUT2D eigenvalue weighted by Gasteiger charge is 0.932. The fourth-order valence-electron chi connectivity index (χ4n) is 0.